The van der Waals surface area contributed by atoms with Crippen LogP contribution in [0.15, 0.2) is 66.7 Å². The lowest BCUT2D eigenvalue weighted by Crippen LogP contribution is -2.43. The summed E-state index contributed by atoms with van der Waals surface area (Å²) in [6.07, 6.45) is -0.0541. The van der Waals surface area contributed by atoms with E-state index in [1.54, 1.807) is 0 Å². The fraction of sp³-hybridized carbons (Fsp3) is 0.357. The number of nitrogens with one attached hydrogen (secondary N) is 2. The molecule has 1 amide bonds. The third-order valence-electron chi connectivity index (χ3n) is 5.96. The van der Waals surface area contributed by atoms with Crippen molar-refractivity contribution in [3.63, 3.8) is 0 Å². The van der Waals surface area contributed by atoms with Crippen LogP contribution in [-0.4, -0.2) is 50.0 Å². The van der Waals surface area contributed by atoms with Gasteiger partial charge in [0, 0.05) is 12.1 Å². The number of rotatable bonds is 12. The van der Waals surface area contributed by atoms with Crippen molar-refractivity contribution in [3.05, 3.63) is 94.8 Å². The van der Waals surface area contributed by atoms with E-state index in [-0.39, 0.29) is 42.5 Å². The Bertz CT molecular complexity index is 1140. The first-order valence-corrected chi connectivity index (χ1v) is 12.0. The Kier molecular flexibility index (Phi) is 9.55. The van der Waals surface area contributed by atoms with Gasteiger partial charge in [-0.05, 0) is 49.1 Å². The van der Waals surface area contributed by atoms with Crippen LogP contribution in [0.2, 0.25) is 0 Å². The fourth-order valence-corrected chi connectivity index (χ4v) is 4.06. The third kappa shape index (κ3) is 7.86. The number of hydrogen-bond acceptors (Lipinski definition) is 7. The number of benzene rings is 2. The molecule has 8 nitrogen and oxygen atoms in total. The maximum atomic E-state index is 12.6. The molecule has 192 valence electrons. The molecule has 0 aliphatic heterocycles. The lowest BCUT2D eigenvalue weighted by Gasteiger charge is -2.28. The number of aliphatic hydroxyl groups is 3. The van der Waals surface area contributed by atoms with Crippen molar-refractivity contribution in [2.24, 2.45) is 0 Å². The lowest BCUT2D eigenvalue weighted by atomic mass is 9.93. The average Bonchev–Trinajstić information content (AvgIpc) is 2.86. The first-order chi connectivity index (χ1) is 17.2. The van der Waals surface area contributed by atoms with Crippen molar-refractivity contribution in [3.8, 4) is 5.75 Å². The molecule has 2 aromatic carbocycles. The van der Waals surface area contributed by atoms with Crippen LogP contribution in [0, 0.1) is 0 Å². The van der Waals surface area contributed by atoms with Gasteiger partial charge in [0.25, 0.3) is 0 Å². The molecule has 0 radical (unpaired) electrons. The molecule has 6 N–H and O–H groups in total. The Labute approximate surface area is 211 Å². The summed E-state index contributed by atoms with van der Waals surface area (Å²) in [7, 11) is 0. The van der Waals surface area contributed by atoms with Crippen molar-refractivity contribution in [1.29, 1.82) is 0 Å². The Morgan fingerprint density at radius 2 is 1.72 bits per heavy atom. The number of pyridine rings is 1. The van der Waals surface area contributed by atoms with Gasteiger partial charge in [0.15, 0.2) is 0 Å². The lowest BCUT2D eigenvalue weighted by molar-refractivity contribution is -0.121. The summed E-state index contributed by atoms with van der Waals surface area (Å²) < 4.78 is 0. The summed E-state index contributed by atoms with van der Waals surface area (Å²) in [5.41, 5.74) is 2.89. The first-order valence-electron chi connectivity index (χ1n) is 12.0. The number of amides is 1. The van der Waals surface area contributed by atoms with E-state index in [9.17, 15) is 25.2 Å². The molecule has 3 rings (SSSR count). The molecule has 1 heterocycles. The molecule has 0 aliphatic rings. The topological polar surface area (TPSA) is 135 Å². The summed E-state index contributed by atoms with van der Waals surface area (Å²) in [5.74, 6) is -0.276. The first kappa shape index (κ1) is 27.3. The highest BCUT2D eigenvalue weighted by Crippen LogP contribution is 2.20. The number of hydrogen-bond donors (Lipinski definition) is 6. The van der Waals surface area contributed by atoms with Gasteiger partial charge in [0.05, 0.1) is 31.4 Å². The standard InChI is InChI=1S/C28H35N3O5/c1-28(2,29-16-26(35)22-11-12-25(34)24(18-33)30-22)15-20-8-6-7-19(13-20)14-27(36)31-23(17-32)21-9-4-3-5-10-21/h3-13,23,26,29,32-35H,14-18H2,1-2H3,(H,31,36)/t23-,26?/m1/s1. The van der Waals surface area contributed by atoms with Crippen molar-refractivity contribution >= 4 is 5.91 Å². The largest absolute Gasteiger partial charge is 0.506 e. The van der Waals surface area contributed by atoms with E-state index in [2.05, 4.69) is 15.6 Å². The molecule has 0 saturated heterocycles. The van der Waals surface area contributed by atoms with Gasteiger partial charge in [-0.2, -0.15) is 0 Å². The van der Waals surface area contributed by atoms with E-state index in [0.717, 1.165) is 16.7 Å². The number of aliphatic hydroxyl groups excluding tert-OH is 3. The summed E-state index contributed by atoms with van der Waals surface area (Å²) >= 11 is 0. The smallest absolute Gasteiger partial charge is 0.224 e. The minimum atomic E-state index is -0.908. The normalized spacial score (nSPS) is 13.2. The van der Waals surface area contributed by atoms with Gasteiger partial charge in [-0.3, -0.25) is 4.79 Å². The molecular weight excluding hydrogens is 458 g/mol. The van der Waals surface area contributed by atoms with Crippen molar-refractivity contribution in [2.45, 2.75) is 51.0 Å². The van der Waals surface area contributed by atoms with E-state index in [1.165, 1.54) is 12.1 Å². The van der Waals surface area contributed by atoms with Gasteiger partial charge >= 0.3 is 0 Å². The van der Waals surface area contributed by atoms with Crippen LogP contribution in [-0.2, 0) is 24.2 Å². The number of β-amino-alcohol motifs (C(OH)–C–C–N with tert-alkyl or cyclic N) is 1. The van der Waals surface area contributed by atoms with Crippen LogP contribution in [0.3, 0.4) is 0 Å². The summed E-state index contributed by atoms with van der Waals surface area (Å²) in [5, 5.41) is 45.4. The molecule has 8 heteroatoms. The number of carbonyl (C=O) groups excluding carboxylic acids is 1. The second kappa shape index (κ2) is 12.6. The number of aromatic hydroxyl groups is 1. The zero-order valence-corrected chi connectivity index (χ0v) is 20.7. The summed E-state index contributed by atoms with van der Waals surface area (Å²) in [4.78, 5) is 16.7. The van der Waals surface area contributed by atoms with Crippen LogP contribution in [0.5, 0.6) is 5.75 Å². The van der Waals surface area contributed by atoms with E-state index in [0.29, 0.717) is 12.1 Å². The van der Waals surface area contributed by atoms with Gasteiger partial charge in [0.2, 0.25) is 5.91 Å². The Balaban J connectivity index is 1.56. The maximum absolute atomic E-state index is 12.6. The third-order valence-corrected chi connectivity index (χ3v) is 5.96. The summed E-state index contributed by atoms with van der Waals surface area (Å²) in [6, 6.07) is 19.7. The Morgan fingerprint density at radius 1 is 1.00 bits per heavy atom. The molecule has 0 spiro atoms. The van der Waals surface area contributed by atoms with Gasteiger partial charge in [0.1, 0.15) is 17.5 Å². The molecule has 36 heavy (non-hydrogen) atoms. The molecule has 2 atom stereocenters. The molecule has 0 aliphatic carbocycles. The second-order valence-electron chi connectivity index (χ2n) is 9.53. The number of nitrogens with zero attached hydrogens (tertiary/aromatic N) is 1. The van der Waals surface area contributed by atoms with Gasteiger partial charge in [-0.25, -0.2) is 4.98 Å². The maximum Gasteiger partial charge on any atom is 0.224 e. The van der Waals surface area contributed by atoms with Gasteiger partial charge in [-0.1, -0.05) is 54.6 Å². The zero-order chi connectivity index (χ0) is 26.1. The molecular formula is C28H35N3O5. The van der Waals surface area contributed by atoms with Crippen molar-refractivity contribution in [1.82, 2.24) is 15.6 Å². The number of carbonyl (C=O) groups is 1. The second-order valence-corrected chi connectivity index (χ2v) is 9.53. The van der Waals surface area contributed by atoms with E-state index in [4.69, 9.17) is 0 Å². The van der Waals surface area contributed by atoms with Gasteiger partial charge < -0.3 is 31.1 Å². The summed E-state index contributed by atoms with van der Waals surface area (Å²) in [6.45, 7) is 3.69. The highest BCUT2D eigenvalue weighted by molar-refractivity contribution is 5.79. The molecule has 1 unspecified atom stereocenters. The van der Waals surface area contributed by atoms with Crippen molar-refractivity contribution in [2.75, 3.05) is 13.2 Å². The molecule has 0 fully saturated rings. The van der Waals surface area contributed by atoms with Gasteiger partial charge in [-0.15, -0.1) is 0 Å². The Morgan fingerprint density at radius 3 is 2.42 bits per heavy atom. The van der Waals surface area contributed by atoms with Crippen LogP contribution in [0.1, 0.15) is 54.1 Å². The van der Waals surface area contributed by atoms with Crippen LogP contribution in [0.25, 0.3) is 0 Å². The minimum absolute atomic E-state index is 0.109. The SMILES string of the molecule is CC(C)(Cc1cccc(CC(=O)N[C@H](CO)c2ccccc2)c1)NCC(O)c1ccc(O)c(CO)n1. The molecule has 0 saturated carbocycles. The fourth-order valence-electron chi connectivity index (χ4n) is 4.06. The minimum Gasteiger partial charge on any atom is -0.506 e. The van der Waals surface area contributed by atoms with Crippen LogP contribution >= 0.6 is 0 Å². The van der Waals surface area contributed by atoms with Crippen molar-refractivity contribution < 1.29 is 25.2 Å². The average molecular weight is 494 g/mol. The van der Waals surface area contributed by atoms with Crippen LogP contribution < -0.4 is 10.6 Å². The monoisotopic (exact) mass is 493 g/mol. The quantitative estimate of drug-likeness (QED) is 0.228. The Hall–Kier alpha value is -3.30. The highest BCUT2D eigenvalue weighted by atomic mass is 16.3. The van der Waals surface area contributed by atoms with E-state index < -0.39 is 18.8 Å². The highest BCUT2D eigenvalue weighted by Gasteiger charge is 2.21. The predicted molar refractivity (Wildman–Crippen MR) is 137 cm³/mol. The molecule has 3 aromatic rings. The van der Waals surface area contributed by atoms with Crippen LogP contribution in [0.4, 0.5) is 0 Å². The molecule has 0 bridgehead atoms. The van der Waals surface area contributed by atoms with E-state index in [1.807, 2.05) is 68.4 Å². The van der Waals surface area contributed by atoms with E-state index >= 15 is 0 Å². The molecule has 1 aromatic heterocycles. The zero-order valence-electron chi connectivity index (χ0n) is 20.7. The predicted octanol–water partition coefficient (Wildman–Crippen LogP) is 2.32. The number of aromatic nitrogens is 1.